The van der Waals surface area contributed by atoms with Crippen molar-refractivity contribution >= 4 is 6.09 Å². The van der Waals surface area contributed by atoms with E-state index in [0.29, 0.717) is 12.6 Å². The summed E-state index contributed by atoms with van der Waals surface area (Å²) in [7, 11) is 0. The van der Waals surface area contributed by atoms with Crippen LogP contribution in [0.3, 0.4) is 0 Å². The summed E-state index contributed by atoms with van der Waals surface area (Å²) in [5, 5.41) is 1.69. The fourth-order valence-electron chi connectivity index (χ4n) is 2.56. The summed E-state index contributed by atoms with van der Waals surface area (Å²) < 4.78 is 5.20. The predicted octanol–water partition coefficient (Wildman–Crippen LogP) is 3.13. The molecule has 0 saturated carbocycles. The van der Waals surface area contributed by atoms with Gasteiger partial charge in [0.1, 0.15) is 6.61 Å². The number of nitrogens with one attached hydrogen (secondary N) is 1. The van der Waals surface area contributed by atoms with Crippen molar-refractivity contribution in [1.29, 1.82) is 0 Å². The number of hydrazine groups is 1. The van der Waals surface area contributed by atoms with Crippen LogP contribution in [0, 0.1) is 0 Å². The Balaban J connectivity index is 1.99. The van der Waals surface area contributed by atoms with E-state index >= 15 is 0 Å². The summed E-state index contributed by atoms with van der Waals surface area (Å²) in [5.74, 6) is 0. The molecule has 0 radical (unpaired) electrons. The highest BCUT2D eigenvalue weighted by atomic mass is 16.6. The summed E-state index contributed by atoms with van der Waals surface area (Å²) in [6.45, 7) is 4.76. The van der Waals surface area contributed by atoms with Gasteiger partial charge in [-0.25, -0.2) is 15.2 Å². The fraction of sp³-hybridized carbons (Fsp3) is 0.562. The van der Waals surface area contributed by atoms with E-state index in [9.17, 15) is 4.79 Å². The quantitative estimate of drug-likeness (QED) is 0.832. The Morgan fingerprint density at radius 1 is 1.35 bits per heavy atom. The van der Waals surface area contributed by atoms with E-state index in [4.69, 9.17) is 4.74 Å². The van der Waals surface area contributed by atoms with E-state index in [1.807, 2.05) is 18.2 Å². The number of carbonyl (C=O) groups excluding carboxylic acids is 1. The summed E-state index contributed by atoms with van der Waals surface area (Å²) in [4.78, 5) is 11.9. The molecule has 1 heterocycles. The Hall–Kier alpha value is -1.55. The normalized spacial score (nSPS) is 20.0. The first-order valence-electron chi connectivity index (χ1n) is 7.50. The number of rotatable bonds is 7. The molecular formula is C16H24N2O2. The molecule has 0 bridgehead atoms. The van der Waals surface area contributed by atoms with E-state index < -0.39 is 0 Å². The third-order valence-electron chi connectivity index (χ3n) is 3.73. The molecule has 2 rings (SSSR count). The lowest BCUT2D eigenvalue weighted by molar-refractivity contribution is 0.128. The lowest BCUT2D eigenvalue weighted by atomic mass is 10.1. The van der Waals surface area contributed by atoms with Gasteiger partial charge in [0.2, 0.25) is 0 Å². The Morgan fingerprint density at radius 2 is 2.10 bits per heavy atom. The van der Waals surface area contributed by atoms with E-state index in [-0.39, 0.29) is 12.1 Å². The van der Waals surface area contributed by atoms with Gasteiger partial charge in [0.15, 0.2) is 0 Å². The molecule has 0 unspecified atom stereocenters. The molecule has 0 aromatic heterocycles. The number of benzene rings is 1. The van der Waals surface area contributed by atoms with Crippen LogP contribution in [0.2, 0.25) is 0 Å². The average Bonchev–Trinajstić information content (AvgIpc) is 2.80. The molecule has 2 atom stereocenters. The zero-order valence-electron chi connectivity index (χ0n) is 12.3. The van der Waals surface area contributed by atoms with Crippen molar-refractivity contribution in [3.63, 3.8) is 0 Å². The molecule has 1 aliphatic heterocycles. The summed E-state index contributed by atoms with van der Waals surface area (Å²) in [6, 6.07) is 10.6. The van der Waals surface area contributed by atoms with Gasteiger partial charge in [-0.15, -0.1) is 0 Å². The van der Waals surface area contributed by atoms with Crippen LogP contribution in [-0.2, 0) is 11.2 Å². The molecule has 1 amide bonds. The number of nitrogens with zero attached hydrogens (tertiary/aromatic N) is 1. The molecule has 110 valence electrons. The Labute approximate surface area is 121 Å². The van der Waals surface area contributed by atoms with Crippen molar-refractivity contribution in [2.24, 2.45) is 0 Å². The Morgan fingerprint density at radius 3 is 2.75 bits per heavy atom. The van der Waals surface area contributed by atoms with Crippen LogP contribution >= 0.6 is 0 Å². The molecule has 0 spiro atoms. The number of cyclic esters (lactones) is 1. The molecule has 1 N–H and O–H groups in total. The van der Waals surface area contributed by atoms with Crippen LogP contribution in [0.5, 0.6) is 0 Å². The van der Waals surface area contributed by atoms with Crippen molar-refractivity contribution in [2.45, 2.75) is 51.6 Å². The standard InChI is InChI=1S/C16H24N2O2/c1-3-8-14(4-2)17-18-15(12-20-16(18)19)11-13-9-6-5-7-10-13/h5-7,9-10,14-15,17H,3-4,8,11-12H2,1-2H3/t14-,15+/m1/s1. The number of hydrogen-bond acceptors (Lipinski definition) is 3. The lowest BCUT2D eigenvalue weighted by Crippen LogP contribution is -2.50. The highest BCUT2D eigenvalue weighted by Gasteiger charge is 2.34. The first kappa shape index (κ1) is 14.9. The molecule has 1 fully saturated rings. The third-order valence-corrected chi connectivity index (χ3v) is 3.73. The van der Waals surface area contributed by atoms with Crippen LogP contribution < -0.4 is 5.43 Å². The Kier molecular flexibility index (Phi) is 5.41. The lowest BCUT2D eigenvalue weighted by Gasteiger charge is -2.27. The smallest absolute Gasteiger partial charge is 0.424 e. The van der Waals surface area contributed by atoms with Crippen molar-refractivity contribution in [3.05, 3.63) is 35.9 Å². The van der Waals surface area contributed by atoms with E-state index in [0.717, 1.165) is 25.7 Å². The molecule has 4 nitrogen and oxygen atoms in total. The fourth-order valence-corrected chi connectivity index (χ4v) is 2.56. The number of amides is 1. The number of hydrogen-bond donors (Lipinski definition) is 1. The van der Waals surface area contributed by atoms with Gasteiger partial charge < -0.3 is 4.74 Å². The van der Waals surface area contributed by atoms with Crippen LogP contribution in [0.15, 0.2) is 30.3 Å². The van der Waals surface area contributed by atoms with Crippen molar-refractivity contribution in [2.75, 3.05) is 6.61 Å². The summed E-state index contributed by atoms with van der Waals surface area (Å²) >= 11 is 0. The molecule has 0 aliphatic carbocycles. The van der Waals surface area contributed by atoms with Gasteiger partial charge in [0.05, 0.1) is 6.04 Å². The largest absolute Gasteiger partial charge is 0.446 e. The molecule has 1 aromatic rings. The van der Waals surface area contributed by atoms with Gasteiger partial charge in [-0.2, -0.15) is 0 Å². The monoisotopic (exact) mass is 276 g/mol. The molecule has 20 heavy (non-hydrogen) atoms. The molecular weight excluding hydrogens is 252 g/mol. The zero-order valence-corrected chi connectivity index (χ0v) is 12.3. The Bertz CT molecular complexity index is 422. The zero-order chi connectivity index (χ0) is 14.4. The van der Waals surface area contributed by atoms with Crippen molar-refractivity contribution < 1.29 is 9.53 Å². The third kappa shape index (κ3) is 3.73. The van der Waals surface area contributed by atoms with Crippen LogP contribution in [0.4, 0.5) is 4.79 Å². The second kappa shape index (κ2) is 7.29. The average molecular weight is 276 g/mol. The first-order chi connectivity index (χ1) is 9.74. The maximum absolute atomic E-state index is 11.9. The molecule has 1 aliphatic rings. The van der Waals surface area contributed by atoms with Gasteiger partial charge in [0.25, 0.3) is 0 Å². The minimum atomic E-state index is -0.250. The SMILES string of the molecule is CCC[C@@H](CC)NN1C(=O)OC[C@@H]1Cc1ccccc1. The van der Waals surface area contributed by atoms with Crippen molar-refractivity contribution in [3.8, 4) is 0 Å². The van der Waals surface area contributed by atoms with Gasteiger partial charge in [-0.05, 0) is 24.8 Å². The maximum atomic E-state index is 11.9. The number of carbonyl (C=O) groups is 1. The topological polar surface area (TPSA) is 41.6 Å². The minimum Gasteiger partial charge on any atom is -0.446 e. The predicted molar refractivity (Wildman–Crippen MR) is 79.2 cm³/mol. The maximum Gasteiger partial charge on any atom is 0.424 e. The van der Waals surface area contributed by atoms with Gasteiger partial charge in [0, 0.05) is 6.04 Å². The van der Waals surface area contributed by atoms with Crippen LogP contribution in [0.1, 0.15) is 38.7 Å². The molecule has 1 saturated heterocycles. The van der Waals surface area contributed by atoms with Crippen LogP contribution in [-0.4, -0.2) is 29.8 Å². The highest BCUT2D eigenvalue weighted by molar-refractivity contribution is 5.69. The molecule has 4 heteroatoms. The second-order valence-electron chi connectivity index (χ2n) is 5.31. The summed E-state index contributed by atoms with van der Waals surface area (Å²) in [5.41, 5.74) is 4.57. The van der Waals surface area contributed by atoms with Gasteiger partial charge in [-0.1, -0.05) is 50.6 Å². The molecule has 1 aromatic carbocycles. The summed E-state index contributed by atoms with van der Waals surface area (Å²) in [6.07, 6.45) is 3.76. The first-order valence-corrected chi connectivity index (χ1v) is 7.50. The van der Waals surface area contributed by atoms with Gasteiger partial charge >= 0.3 is 6.09 Å². The minimum absolute atomic E-state index is 0.0795. The van der Waals surface area contributed by atoms with Crippen molar-refractivity contribution in [1.82, 2.24) is 10.4 Å². The van der Waals surface area contributed by atoms with Gasteiger partial charge in [-0.3, -0.25) is 0 Å². The van der Waals surface area contributed by atoms with E-state index in [2.05, 4.69) is 31.4 Å². The van der Waals surface area contributed by atoms with E-state index in [1.54, 1.807) is 5.01 Å². The highest BCUT2D eigenvalue weighted by Crippen LogP contribution is 2.16. The van der Waals surface area contributed by atoms with Crippen LogP contribution in [0.25, 0.3) is 0 Å². The second-order valence-corrected chi connectivity index (χ2v) is 5.31. The van der Waals surface area contributed by atoms with E-state index in [1.165, 1.54) is 5.56 Å². The number of ether oxygens (including phenoxy) is 1.